The van der Waals surface area contributed by atoms with Crippen molar-refractivity contribution in [3.05, 3.63) is 29.8 Å². The first-order chi connectivity index (χ1) is 8.02. The summed E-state index contributed by atoms with van der Waals surface area (Å²) in [7, 11) is 1.56. The Bertz CT molecular complexity index is 401. The Labute approximate surface area is 100 Å². The van der Waals surface area contributed by atoms with Gasteiger partial charge < -0.3 is 16.4 Å². The number of hydrogen-bond donors (Lipinski definition) is 3. The standard InChI is InChI=1S/C12H17N3O2/c1-8(16)15-10-5-3-9(4-6-10)7-11(13)12(17)14-2/h3-6,11H,7,13H2,1-2H3,(H,14,17)(H,15,16)/t11-/m0/s1. The molecular formula is C12H17N3O2. The van der Waals surface area contributed by atoms with Gasteiger partial charge in [0.1, 0.15) is 0 Å². The largest absolute Gasteiger partial charge is 0.358 e. The third-order valence-corrected chi connectivity index (χ3v) is 2.31. The van der Waals surface area contributed by atoms with Crippen molar-refractivity contribution in [1.29, 1.82) is 0 Å². The normalized spacial score (nSPS) is 11.7. The third kappa shape index (κ3) is 4.24. The fraction of sp³-hybridized carbons (Fsp3) is 0.333. The summed E-state index contributed by atoms with van der Waals surface area (Å²) in [6.07, 6.45) is 0.472. The van der Waals surface area contributed by atoms with E-state index in [1.165, 1.54) is 6.92 Å². The second-order valence-corrected chi connectivity index (χ2v) is 3.80. The topological polar surface area (TPSA) is 84.2 Å². The lowest BCUT2D eigenvalue weighted by molar-refractivity contribution is -0.121. The van der Waals surface area contributed by atoms with E-state index >= 15 is 0 Å². The molecule has 2 amide bonds. The van der Waals surface area contributed by atoms with Gasteiger partial charge in [-0.25, -0.2) is 0 Å². The van der Waals surface area contributed by atoms with Crippen molar-refractivity contribution in [2.24, 2.45) is 5.73 Å². The van der Waals surface area contributed by atoms with Gasteiger partial charge in [-0.3, -0.25) is 9.59 Å². The molecule has 17 heavy (non-hydrogen) atoms. The number of nitrogens with one attached hydrogen (secondary N) is 2. The van der Waals surface area contributed by atoms with Crippen LogP contribution in [0.3, 0.4) is 0 Å². The summed E-state index contributed by atoms with van der Waals surface area (Å²) in [5, 5.41) is 5.17. The first-order valence-corrected chi connectivity index (χ1v) is 5.36. The van der Waals surface area contributed by atoms with Gasteiger partial charge in [-0.2, -0.15) is 0 Å². The van der Waals surface area contributed by atoms with Crippen LogP contribution in [0, 0.1) is 0 Å². The summed E-state index contributed by atoms with van der Waals surface area (Å²) in [5.41, 5.74) is 7.38. The zero-order valence-electron chi connectivity index (χ0n) is 9.99. The smallest absolute Gasteiger partial charge is 0.237 e. The number of anilines is 1. The first-order valence-electron chi connectivity index (χ1n) is 5.36. The molecule has 1 aromatic carbocycles. The molecule has 5 heteroatoms. The Morgan fingerprint density at radius 2 is 1.88 bits per heavy atom. The van der Waals surface area contributed by atoms with Gasteiger partial charge in [0.2, 0.25) is 11.8 Å². The lowest BCUT2D eigenvalue weighted by Crippen LogP contribution is -2.40. The van der Waals surface area contributed by atoms with Crippen LogP contribution in [0.4, 0.5) is 5.69 Å². The molecule has 0 radical (unpaired) electrons. The van der Waals surface area contributed by atoms with Gasteiger partial charge >= 0.3 is 0 Å². The molecule has 0 unspecified atom stereocenters. The van der Waals surface area contributed by atoms with Crippen LogP contribution >= 0.6 is 0 Å². The number of amides is 2. The van der Waals surface area contributed by atoms with Crippen LogP contribution in [0.25, 0.3) is 0 Å². The Balaban J connectivity index is 2.62. The van der Waals surface area contributed by atoms with Gasteiger partial charge in [-0.1, -0.05) is 12.1 Å². The molecule has 0 spiro atoms. The Morgan fingerprint density at radius 3 is 2.35 bits per heavy atom. The van der Waals surface area contributed by atoms with Gasteiger partial charge in [-0.05, 0) is 24.1 Å². The summed E-state index contributed by atoms with van der Waals surface area (Å²) in [4.78, 5) is 22.1. The molecule has 1 rings (SSSR count). The van der Waals surface area contributed by atoms with E-state index in [4.69, 9.17) is 5.73 Å². The summed E-state index contributed by atoms with van der Waals surface area (Å²) in [6.45, 7) is 1.45. The summed E-state index contributed by atoms with van der Waals surface area (Å²) in [6, 6.07) is 6.70. The van der Waals surface area contributed by atoms with Gasteiger partial charge in [-0.15, -0.1) is 0 Å². The molecule has 0 aliphatic carbocycles. The fourth-order valence-corrected chi connectivity index (χ4v) is 1.46. The molecule has 0 heterocycles. The minimum absolute atomic E-state index is 0.111. The van der Waals surface area contributed by atoms with Crippen molar-refractivity contribution in [3.8, 4) is 0 Å². The Kier molecular flexibility index (Phi) is 4.66. The van der Waals surface area contributed by atoms with E-state index in [9.17, 15) is 9.59 Å². The number of carbonyl (C=O) groups excluding carboxylic acids is 2. The Hall–Kier alpha value is -1.88. The molecule has 0 aliphatic heterocycles. The zero-order valence-corrected chi connectivity index (χ0v) is 9.99. The molecule has 0 fully saturated rings. The summed E-state index contributed by atoms with van der Waals surface area (Å²) in [5.74, 6) is -0.296. The van der Waals surface area contributed by atoms with Crippen molar-refractivity contribution >= 4 is 17.5 Å². The molecule has 0 saturated carbocycles. The van der Waals surface area contributed by atoms with E-state index < -0.39 is 6.04 Å². The van der Waals surface area contributed by atoms with E-state index in [1.54, 1.807) is 19.2 Å². The molecular weight excluding hydrogens is 218 g/mol. The second-order valence-electron chi connectivity index (χ2n) is 3.80. The van der Waals surface area contributed by atoms with Crippen molar-refractivity contribution in [3.63, 3.8) is 0 Å². The van der Waals surface area contributed by atoms with Crippen LogP contribution < -0.4 is 16.4 Å². The van der Waals surface area contributed by atoms with Crippen LogP contribution in [0.5, 0.6) is 0 Å². The second kappa shape index (κ2) is 6.00. The van der Waals surface area contributed by atoms with Crippen LogP contribution in [-0.4, -0.2) is 24.9 Å². The van der Waals surface area contributed by atoms with Gasteiger partial charge in [0.15, 0.2) is 0 Å². The maximum atomic E-state index is 11.2. The van der Waals surface area contributed by atoms with Crippen molar-refractivity contribution in [1.82, 2.24) is 5.32 Å². The molecule has 1 aromatic rings. The van der Waals surface area contributed by atoms with Gasteiger partial charge in [0.25, 0.3) is 0 Å². The minimum Gasteiger partial charge on any atom is -0.358 e. The van der Waals surface area contributed by atoms with E-state index in [2.05, 4.69) is 10.6 Å². The fourth-order valence-electron chi connectivity index (χ4n) is 1.46. The third-order valence-electron chi connectivity index (χ3n) is 2.31. The predicted octanol–water partition coefficient (Wildman–Crippen LogP) is 0.261. The molecule has 0 saturated heterocycles. The summed E-state index contributed by atoms with van der Waals surface area (Å²) >= 11 is 0. The number of rotatable bonds is 4. The van der Waals surface area contributed by atoms with Crippen molar-refractivity contribution < 1.29 is 9.59 Å². The zero-order chi connectivity index (χ0) is 12.8. The number of hydrogen-bond acceptors (Lipinski definition) is 3. The highest BCUT2D eigenvalue weighted by molar-refractivity contribution is 5.88. The Morgan fingerprint density at radius 1 is 1.29 bits per heavy atom. The molecule has 5 nitrogen and oxygen atoms in total. The highest BCUT2D eigenvalue weighted by atomic mass is 16.2. The van der Waals surface area contributed by atoms with Crippen LogP contribution in [0.15, 0.2) is 24.3 Å². The van der Waals surface area contributed by atoms with Crippen LogP contribution in [-0.2, 0) is 16.0 Å². The maximum absolute atomic E-state index is 11.2. The number of likely N-dealkylation sites (N-methyl/N-ethyl adjacent to an activating group) is 1. The van der Waals surface area contributed by atoms with E-state index in [0.29, 0.717) is 6.42 Å². The van der Waals surface area contributed by atoms with Gasteiger partial charge in [0, 0.05) is 19.7 Å². The summed E-state index contributed by atoms with van der Waals surface area (Å²) < 4.78 is 0. The van der Waals surface area contributed by atoms with Crippen molar-refractivity contribution in [2.45, 2.75) is 19.4 Å². The number of benzene rings is 1. The van der Waals surface area contributed by atoms with E-state index in [1.807, 2.05) is 12.1 Å². The van der Waals surface area contributed by atoms with E-state index in [0.717, 1.165) is 11.3 Å². The number of carbonyl (C=O) groups is 2. The maximum Gasteiger partial charge on any atom is 0.237 e. The average molecular weight is 235 g/mol. The van der Waals surface area contributed by atoms with Crippen LogP contribution in [0.2, 0.25) is 0 Å². The highest BCUT2D eigenvalue weighted by Gasteiger charge is 2.11. The van der Waals surface area contributed by atoms with Gasteiger partial charge in [0.05, 0.1) is 6.04 Å². The average Bonchev–Trinajstić information content (AvgIpc) is 2.30. The lowest BCUT2D eigenvalue weighted by Gasteiger charge is -2.10. The van der Waals surface area contributed by atoms with Crippen LogP contribution in [0.1, 0.15) is 12.5 Å². The molecule has 1 atom stereocenters. The first kappa shape index (κ1) is 13.2. The number of nitrogens with two attached hydrogens (primary N) is 1. The monoisotopic (exact) mass is 235 g/mol. The lowest BCUT2D eigenvalue weighted by atomic mass is 10.1. The SMILES string of the molecule is CNC(=O)[C@@H](N)Cc1ccc(NC(C)=O)cc1. The molecule has 4 N–H and O–H groups in total. The molecule has 0 bridgehead atoms. The quantitative estimate of drug-likeness (QED) is 0.700. The molecule has 92 valence electrons. The predicted molar refractivity (Wildman–Crippen MR) is 66.5 cm³/mol. The minimum atomic E-state index is -0.549. The molecule has 0 aromatic heterocycles. The van der Waals surface area contributed by atoms with Crippen molar-refractivity contribution in [2.75, 3.05) is 12.4 Å². The van der Waals surface area contributed by atoms with E-state index in [-0.39, 0.29) is 11.8 Å². The molecule has 0 aliphatic rings. The highest BCUT2D eigenvalue weighted by Crippen LogP contribution is 2.10.